The van der Waals surface area contributed by atoms with E-state index in [2.05, 4.69) is 0 Å². The van der Waals surface area contributed by atoms with E-state index < -0.39 is 86.1 Å². The lowest BCUT2D eigenvalue weighted by Crippen LogP contribution is -2.63. The molecule has 0 unspecified atom stereocenters. The fourth-order valence-electron chi connectivity index (χ4n) is 2.21. The Morgan fingerprint density at radius 2 is 0.750 bits per heavy atom. The molecule has 0 bridgehead atoms. The maximum absolute atomic E-state index is 13.3. The van der Waals surface area contributed by atoms with Crippen LogP contribution in [0, 0.1) is 0 Å². The minimum absolute atomic E-state index is 0.207. The zero-order valence-corrected chi connectivity index (χ0v) is 17.3. The Morgan fingerprint density at radius 3 is 0.972 bits per heavy atom. The molecule has 0 saturated heterocycles. The topological polar surface area (TPSA) is 58.2 Å². The Labute approximate surface area is 190 Å². The number of carbonyl (C=O) groups is 2. The quantitative estimate of drug-likeness (QED) is 0.212. The third kappa shape index (κ3) is 6.38. The van der Waals surface area contributed by atoms with Crippen molar-refractivity contribution >= 4 is 11.8 Å². The molecular formula is C16H16F16N2O2. The molecule has 36 heavy (non-hydrogen) atoms. The average molecular weight is 572 g/mol. The SMILES string of the molecule is O=C(NCCCCCCNC(=O)C(F)(F)C(F)(F)C(F)(F)C(F)F)C(F)(F)C(F)(F)C(F)(F)C(F)F. The van der Waals surface area contributed by atoms with Gasteiger partial charge in [-0.05, 0) is 12.8 Å². The summed E-state index contributed by atoms with van der Waals surface area (Å²) < 4.78 is 204. The molecule has 0 atom stereocenters. The number of hydrogen-bond donors (Lipinski definition) is 2. The number of hydrogen-bond acceptors (Lipinski definition) is 2. The van der Waals surface area contributed by atoms with Crippen LogP contribution in [0.25, 0.3) is 0 Å². The van der Waals surface area contributed by atoms with E-state index >= 15 is 0 Å². The van der Waals surface area contributed by atoms with Crippen LogP contribution in [0.2, 0.25) is 0 Å². The van der Waals surface area contributed by atoms with Crippen LogP contribution in [0.1, 0.15) is 25.7 Å². The van der Waals surface area contributed by atoms with Crippen molar-refractivity contribution in [1.29, 1.82) is 0 Å². The lowest BCUT2D eigenvalue weighted by Gasteiger charge is -2.31. The van der Waals surface area contributed by atoms with Crippen LogP contribution in [0.3, 0.4) is 0 Å². The molecule has 0 fully saturated rings. The van der Waals surface area contributed by atoms with E-state index in [4.69, 9.17) is 0 Å². The first kappa shape index (κ1) is 33.8. The molecule has 0 spiro atoms. The first-order valence-electron chi connectivity index (χ1n) is 9.33. The Balaban J connectivity index is 4.59. The third-order valence-electron chi connectivity index (χ3n) is 4.42. The molecule has 0 rings (SSSR count). The highest BCUT2D eigenvalue weighted by Crippen LogP contribution is 2.49. The Kier molecular flexibility index (Phi) is 10.8. The van der Waals surface area contributed by atoms with Gasteiger partial charge in [0, 0.05) is 13.1 Å². The number of alkyl halides is 16. The molecule has 0 aromatic heterocycles. The van der Waals surface area contributed by atoms with Gasteiger partial charge in [0.05, 0.1) is 0 Å². The van der Waals surface area contributed by atoms with Gasteiger partial charge in [-0.3, -0.25) is 9.59 Å². The predicted octanol–water partition coefficient (Wildman–Crippen LogP) is 5.12. The molecular weight excluding hydrogens is 556 g/mol. The van der Waals surface area contributed by atoms with Crippen molar-refractivity contribution in [2.24, 2.45) is 0 Å². The minimum Gasteiger partial charge on any atom is -0.351 e. The molecule has 0 saturated carbocycles. The molecule has 0 aliphatic rings. The molecule has 0 aliphatic carbocycles. The van der Waals surface area contributed by atoms with Crippen LogP contribution >= 0.6 is 0 Å². The summed E-state index contributed by atoms with van der Waals surface area (Å²) in [5, 5.41) is 2.15. The van der Waals surface area contributed by atoms with E-state index in [0.29, 0.717) is 0 Å². The molecule has 0 aromatic carbocycles. The maximum Gasteiger partial charge on any atom is 0.392 e. The zero-order valence-electron chi connectivity index (χ0n) is 17.3. The van der Waals surface area contributed by atoms with Crippen molar-refractivity contribution in [1.82, 2.24) is 10.6 Å². The van der Waals surface area contributed by atoms with Crippen LogP contribution in [0.5, 0.6) is 0 Å². The van der Waals surface area contributed by atoms with Gasteiger partial charge in [-0.1, -0.05) is 12.8 Å². The van der Waals surface area contributed by atoms with Gasteiger partial charge < -0.3 is 10.6 Å². The first-order valence-corrected chi connectivity index (χ1v) is 9.33. The second-order valence-corrected chi connectivity index (χ2v) is 7.07. The van der Waals surface area contributed by atoms with Crippen LogP contribution < -0.4 is 10.6 Å². The van der Waals surface area contributed by atoms with Gasteiger partial charge in [-0.25, -0.2) is 17.6 Å². The Bertz CT molecular complexity index is 694. The van der Waals surface area contributed by atoms with E-state index in [1.807, 2.05) is 0 Å². The van der Waals surface area contributed by atoms with Gasteiger partial charge in [-0.2, -0.15) is 52.7 Å². The van der Waals surface area contributed by atoms with Crippen LogP contribution in [0.15, 0.2) is 0 Å². The highest BCUT2D eigenvalue weighted by Gasteiger charge is 2.79. The summed E-state index contributed by atoms with van der Waals surface area (Å²) in [7, 11) is 0. The first-order chi connectivity index (χ1) is 15.9. The average Bonchev–Trinajstić information content (AvgIpc) is 2.73. The molecule has 2 N–H and O–H groups in total. The van der Waals surface area contributed by atoms with Gasteiger partial charge in [0.1, 0.15) is 0 Å². The summed E-state index contributed by atoms with van der Waals surface area (Å²) in [4.78, 5) is 22.2. The molecule has 214 valence electrons. The van der Waals surface area contributed by atoms with Crippen LogP contribution in [0.4, 0.5) is 70.2 Å². The van der Waals surface area contributed by atoms with Crippen molar-refractivity contribution in [2.45, 2.75) is 74.1 Å². The molecule has 2 amide bonds. The fraction of sp³-hybridized carbons (Fsp3) is 0.875. The molecule has 0 aromatic rings. The highest BCUT2D eigenvalue weighted by molar-refractivity contribution is 5.85. The van der Waals surface area contributed by atoms with E-state index in [9.17, 15) is 79.8 Å². The number of halogens is 16. The number of unbranched alkanes of at least 4 members (excludes halogenated alkanes) is 3. The normalized spacial score (nSPS) is 14.4. The van der Waals surface area contributed by atoms with Crippen molar-refractivity contribution in [2.75, 3.05) is 13.1 Å². The van der Waals surface area contributed by atoms with Gasteiger partial charge in [-0.15, -0.1) is 0 Å². The van der Waals surface area contributed by atoms with Crippen LogP contribution in [-0.4, -0.2) is 73.3 Å². The Morgan fingerprint density at radius 1 is 0.500 bits per heavy atom. The van der Waals surface area contributed by atoms with Crippen LogP contribution in [-0.2, 0) is 9.59 Å². The van der Waals surface area contributed by atoms with Crippen molar-refractivity contribution in [3.8, 4) is 0 Å². The summed E-state index contributed by atoms with van der Waals surface area (Å²) in [6, 6.07) is 0. The van der Waals surface area contributed by atoms with Crippen molar-refractivity contribution in [3.05, 3.63) is 0 Å². The van der Waals surface area contributed by atoms with Gasteiger partial charge in [0.15, 0.2) is 0 Å². The summed E-state index contributed by atoms with van der Waals surface area (Å²) >= 11 is 0. The smallest absolute Gasteiger partial charge is 0.351 e. The lowest BCUT2D eigenvalue weighted by atomic mass is 10.0. The summed E-state index contributed by atoms with van der Waals surface area (Å²) in [6.07, 6.45) is -11.7. The number of rotatable bonds is 15. The lowest BCUT2D eigenvalue weighted by molar-refractivity contribution is -0.327. The predicted molar refractivity (Wildman–Crippen MR) is 86.2 cm³/mol. The molecule has 0 heterocycles. The standard InChI is InChI=1S/C16H16F16N2O2/c17-7(18)11(21,22)15(29,30)13(25,26)9(35)33-5-3-1-2-4-6-34-10(36)14(27,28)16(31,32)12(23,24)8(19)20/h7-8H,1-6H2,(H,33,35)(H,34,36). The second-order valence-electron chi connectivity index (χ2n) is 7.07. The molecule has 0 radical (unpaired) electrons. The molecule has 0 aliphatic heterocycles. The van der Waals surface area contributed by atoms with E-state index in [-0.39, 0.29) is 12.8 Å². The second kappa shape index (κ2) is 11.5. The summed E-state index contributed by atoms with van der Waals surface area (Å²) in [6.45, 7) is -1.83. The highest BCUT2D eigenvalue weighted by atomic mass is 19.4. The monoisotopic (exact) mass is 572 g/mol. The van der Waals surface area contributed by atoms with Gasteiger partial charge in [0.25, 0.3) is 11.8 Å². The van der Waals surface area contributed by atoms with E-state index in [1.165, 1.54) is 0 Å². The summed E-state index contributed by atoms with van der Waals surface area (Å²) in [5.74, 6) is -45.2. The van der Waals surface area contributed by atoms with E-state index in [1.54, 1.807) is 0 Å². The minimum atomic E-state index is -6.77. The van der Waals surface area contributed by atoms with E-state index in [0.717, 1.165) is 10.6 Å². The zero-order chi connectivity index (χ0) is 29.0. The van der Waals surface area contributed by atoms with Gasteiger partial charge >= 0.3 is 48.4 Å². The molecule has 4 nitrogen and oxygen atoms in total. The number of nitrogens with one attached hydrogen (secondary N) is 2. The van der Waals surface area contributed by atoms with Gasteiger partial charge in [0.2, 0.25) is 0 Å². The third-order valence-corrected chi connectivity index (χ3v) is 4.42. The van der Waals surface area contributed by atoms with Crippen molar-refractivity contribution < 1.29 is 79.8 Å². The number of carbonyl (C=O) groups excluding carboxylic acids is 2. The molecule has 20 heteroatoms. The fourth-order valence-corrected chi connectivity index (χ4v) is 2.21. The largest absolute Gasteiger partial charge is 0.392 e. The Hall–Kier alpha value is -2.18. The number of amides is 2. The summed E-state index contributed by atoms with van der Waals surface area (Å²) in [5.41, 5.74) is 0. The van der Waals surface area contributed by atoms with Crippen molar-refractivity contribution in [3.63, 3.8) is 0 Å². The maximum atomic E-state index is 13.3.